The van der Waals surface area contributed by atoms with Gasteiger partial charge in [-0.1, -0.05) is 40.5 Å². The maximum absolute atomic E-state index is 4.45. The fourth-order valence-corrected chi connectivity index (χ4v) is 1.48. The molecule has 0 fully saturated rings. The van der Waals surface area contributed by atoms with Crippen LogP contribution >= 0.6 is 0 Å². The van der Waals surface area contributed by atoms with Crippen LogP contribution < -0.4 is 0 Å². The van der Waals surface area contributed by atoms with Crippen LogP contribution in [0.3, 0.4) is 0 Å². The minimum absolute atomic E-state index is 0.710. The molecule has 1 heteroatoms. The van der Waals surface area contributed by atoms with Crippen molar-refractivity contribution in [2.24, 2.45) is 16.8 Å². The highest BCUT2D eigenvalue weighted by Gasteiger charge is 2.11. The summed E-state index contributed by atoms with van der Waals surface area (Å²) in [6.07, 6.45) is 7.19. The van der Waals surface area contributed by atoms with Crippen molar-refractivity contribution >= 4 is 6.21 Å². The summed E-state index contributed by atoms with van der Waals surface area (Å²) in [6, 6.07) is 0. The molecule has 0 saturated heterocycles. The molecule has 0 bridgehead atoms. The van der Waals surface area contributed by atoms with Gasteiger partial charge in [0.2, 0.25) is 0 Å². The quantitative estimate of drug-likeness (QED) is 0.530. The van der Waals surface area contributed by atoms with Crippen LogP contribution in [-0.2, 0) is 0 Å². The Bertz CT molecular complexity index is 129. The highest BCUT2D eigenvalue weighted by molar-refractivity contribution is 5.61. The van der Waals surface area contributed by atoms with Gasteiger partial charge >= 0.3 is 0 Å². The lowest BCUT2D eigenvalue weighted by Gasteiger charge is -2.17. The zero-order chi connectivity index (χ0) is 10.1. The zero-order valence-corrected chi connectivity index (χ0v) is 9.71. The van der Waals surface area contributed by atoms with Crippen molar-refractivity contribution in [3.63, 3.8) is 0 Å². The Morgan fingerprint density at radius 3 is 2.31 bits per heavy atom. The van der Waals surface area contributed by atoms with Gasteiger partial charge in [0.15, 0.2) is 0 Å². The van der Waals surface area contributed by atoms with Crippen LogP contribution in [0, 0.1) is 11.8 Å². The van der Waals surface area contributed by atoms with Crippen LogP contribution in [0.1, 0.15) is 53.4 Å². The molecule has 0 aromatic carbocycles. The van der Waals surface area contributed by atoms with E-state index in [1.165, 1.54) is 19.3 Å². The van der Waals surface area contributed by atoms with Gasteiger partial charge in [0.25, 0.3) is 0 Å². The first kappa shape index (κ1) is 12.7. The number of hydrogen-bond acceptors (Lipinski definition) is 1. The lowest BCUT2D eigenvalue weighted by Crippen LogP contribution is -2.12. The molecule has 0 saturated carbocycles. The Morgan fingerprint density at radius 2 is 1.85 bits per heavy atom. The van der Waals surface area contributed by atoms with Crippen LogP contribution in [0.5, 0.6) is 0 Å². The standard InChI is InChI=1S/C12H25N/c1-5-8-12(11(4)7-3)10-13-9-6-2/h10-12H,5-9H2,1-4H3. The number of aliphatic imine (C=N–C) groups is 1. The Balaban J connectivity index is 3.92. The first-order valence-electron chi connectivity index (χ1n) is 5.76. The minimum Gasteiger partial charge on any atom is -0.297 e. The number of rotatable bonds is 7. The third-order valence-electron chi connectivity index (χ3n) is 2.65. The largest absolute Gasteiger partial charge is 0.297 e. The molecule has 0 heterocycles. The molecule has 0 aliphatic carbocycles. The third-order valence-corrected chi connectivity index (χ3v) is 2.65. The monoisotopic (exact) mass is 183 g/mol. The summed E-state index contributed by atoms with van der Waals surface area (Å²) < 4.78 is 0. The van der Waals surface area contributed by atoms with E-state index in [-0.39, 0.29) is 0 Å². The van der Waals surface area contributed by atoms with Crippen molar-refractivity contribution < 1.29 is 0 Å². The number of nitrogens with zero attached hydrogens (tertiary/aromatic N) is 1. The fraction of sp³-hybridized carbons (Fsp3) is 0.917. The van der Waals surface area contributed by atoms with E-state index in [9.17, 15) is 0 Å². The minimum atomic E-state index is 0.710. The third kappa shape index (κ3) is 5.84. The van der Waals surface area contributed by atoms with E-state index in [1.54, 1.807) is 0 Å². The van der Waals surface area contributed by atoms with E-state index in [0.717, 1.165) is 18.9 Å². The molecule has 13 heavy (non-hydrogen) atoms. The first-order chi connectivity index (χ1) is 6.26. The molecule has 0 rings (SSSR count). The van der Waals surface area contributed by atoms with Gasteiger partial charge < -0.3 is 0 Å². The summed E-state index contributed by atoms with van der Waals surface area (Å²) in [5, 5.41) is 0. The molecule has 2 unspecified atom stereocenters. The summed E-state index contributed by atoms with van der Waals surface area (Å²) in [6.45, 7) is 10.0. The Kier molecular flexibility index (Phi) is 8.07. The molecule has 78 valence electrons. The van der Waals surface area contributed by atoms with E-state index in [0.29, 0.717) is 5.92 Å². The SMILES string of the molecule is CCCN=CC(CCC)C(C)CC. The predicted molar refractivity (Wildman–Crippen MR) is 61.5 cm³/mol. The van der Waals surface area contributed by atoms with Gasteiger partial charge in [-0.2, -0.15) is 0 Å². The van der Waals surface area contributed by atoms with E-state index < -0.39 is 0 Å². The summed E-state index contributed by atoms with van der Waals surface area (Å²) in [7, 11) is 0. The molecule has 0 aliphatic heterocycles. The van der Waals surface area contributed by atoms with Crippen molar-refractivity contribution in [2.45, 2.75) is 53.4 Å². The lowest BCUT2D eigenvalue weighted by atomic mass is 9.89. The Hall–Kier alpha value is -0.330. The summed E-state index contributed by atoms with van der Waals surface area (Å²) >= 11 is 0. The van der Waals surface area contributed by atoms with Crippen LogP contribution in [0.4, 0.5) is 0 Å². The van der Waals surface area contributed by atoms with Gasteiger partial charge in [0, 0.05) is 12.8 Å². The first-order valence-corrected chi connectivity index (χ1v) is 5.76. The smallest absolute Gasteiger partial charge is 0.0382 e. The van der Waals surface area contributed by atoms with Crippen molar-refractivity contribution in [3.8, 4) is 0 Å². The van der Waals surface area contributed by atoms with Gasteiger partial charge in [0.05, 0.1) is 0 Å². The predicted octanol–water partition coefficient (Wildman–Crippen LogP) is 3.93. The second kappa shape index (κ2) is 8.28. The molecular formula is C12H25N. The van der Waals surface area contributed by atoms with E-state index in [1.807, 2.05) is 0 Å². The molecule has 0 spiro atoms. The normalized spacial score (nSPS) is 16.3. The highest BCUT2D eigenvalue weighted by Crippen LogP contribution is 2.18. The second-order valence-corrected chi connectivity index (χ2v) is 3.89. The van der Waals surface area contributed by atoms with Gasteiger partial charge in [-0.15, -0.1) is 0 Å². The van der Waals surface area contributed by atoms with Gasteiger partial charge in [-0.25, -0.2) is 0 Å². The molecule has 0 radical (unpaired) electrons. The molecular weight excluding hydrogens is 158 g/mol. The maximum Gasteiger partial charge on any atom is 0.0382 e. The average Bonchev–Trinajstić information content (AvgIpc) is 2.16. The van der Waals surface area contributed by atoms with Crippen LogP contribution in [0.25, 0.3) is 0 Å². The summed E-state index contributed by atoms with van der Waals surface area (Å²) in [4.78, 5) is 4.45. The van der Waals surface area contributed by atoms with Crippen LogP contribution in [-0.4, -0.2) is 12.8 Å². The van der Waals surface area contributed by atoms with E-state index >= 15 is 0 Å². The van der Waals surface area contributed by atoms with Gasteiger partial charge in [-0.3, -0.25) is 4.99 Å². The fourth-order valence-electron chi connectivity index (χ4n) is 1.48. The molecule has 0 aromatic rings. The molecule has 0 amide bonds. The topological polar surface area (TPSA) is 12.4 Å². The Morgan fingerprint density at radius 1 is 1.15 bits per heavy atom. The van der Waals surface area contributed by atoms with Crippen molar-refractivity contribution in [1.29, 1.82) is 0 Å². The van der Waals surface area contributed by atoms with Crippen molar-refractivity contribution in [2.75, 3.05) is 6.54 Å². The van der Waals surface area contributed by atoms with Gasteiger partial charge in [0.1, 0.15) is 0 Å². The summed E-state index contributed by atoms with van der Waals surface area (Å²) in [5.41, 5.74) is 0. The van der Waals surface area contributed by atoms with Crippen molar-refractivity contribution in [1.82, 2.24) is 0 Å². The van der Waals surface area contributed by atoms with Gasteiger partial charge in [-0.05, 0) is 24.7 Å². The molecule has 0 aliphatic rings. The van der Waals surface area contributed by atoms with Crippen LogP contribution in [0.2, 0.25) is 0 Å². The molecule has 1 nitrogen and oxygen atoms in total. The Labute approximate surface area is 83.6 Å². The molecule has 0 N–H and O–H groups in total. The van der Waals surface area contributed by atoms with Crippen molar-refractivity contribution in [3.05, 3.63) is 0 Å². The van der Waals surface area contributed by atoms with E-state index in [4.69, 9.17) is 0 Å². The van der Waals surface area contributed by atoms with E-state index in [2.05, 4.69) is 38.9 Å². The zero-order valence-electron chi connectivity index (χ0n) is 9.71. The maximum atomic E-state index is 4.45. The highest BCUT2D eigenvalue weighted by atomic mass is 14.7. The number of hydrogen-bond donors (Lipinski definition) is 0. The second-order valence-electron chi connectivity index (χ2n) is 3.89. The van der Waals surface area contributed by atoms with Crippen LogP contribution in [0.15, 0.2) is 4.99 Å². The average molecular weight is 183 g/mol. The molecule has 2 atom stereocenters. The lowest BCUT2D eigenvalue weighted by molar-refractivity contribution is 0.419. The molecule has 0 aromatic heterocycles. The summed E-state index contributed by atoms with van der Waals surface area (Å²) in [5.74, 6) is 1.50.